The topological polar surface area (TPSA) is 66.5 Å². The largest absolute Gasteiger partial charge is 0.325 e. The van der Waals surface area contributed by atoms with E-state index in [2.05, 4.69) is 19.2 Å². The van der Waals surface area contributed by atoms with E-state index in [1.165, 1.54) is 4.31 Å². The molecule has 1 aliphatic rings. The molecule has 1 fully saturated rings. The van der Waals surface area contributed by atoms with Crippen LogP contribution < -0.4 is 5.32 Å². The Balaban J connectivity index is 1.62. The van der Waals surface area contributed by atoms with Crippen molar-refractivity contribution in [2.45, 2.75) is 52.2 Å². The zero-order valence-electron chi connectivity index (χ0n) is 18.3. The van der Waals surface area contributed by atoms with Gasteiger partial charge < -0.3 is 5.32 Å². The highest BCUT2D eigenvalue weighted by Crippen LogP contribution is 2.29. The molecule has 0 radical (unpaired) electrons. The molecule has 2 aromatic rings. The van der Waals surface area contributed by atoms with Crippen molar-refractivity contribution in [1.29, 1.82) is 0 Å². The SMILES string of the molecule is Cc1cccc(CS(=O)(=O)N2CCC(C(=O)Nc3c(C)cccc3C(C)C)CC2)c1. The Kier molecular flexibility index (Phi) is 6.98. The van der Waals surface area contributed by atoms with Gasteiger partial charge >= 0.3 is 0 Å². The van der Waals surface area contributed by atoms with Gasteiger partial charge in [-0.1, -0.05) is 61.9 Å². The number of para-hydroxylation sites is 1. The number of anilines is 1. The van der Waals surface area contributed by atoms with Gasteiger partial charge in [-0.15, -0.1) is 0 Å². The van der Waals surface area contributed by atoms with E-state index < -0.39 is 10.0 Å². The lowest BCUT2D eigenvalue weighted by atomic mass is 9.95. The molecule has 0 unspecified atom stereocenters. The maximum absolute atomic E-state index is 12.9. The Morgan fingerprint density at radius 3 is 2.40 bits per heavy atom. The molecule has 0 spiro atoms. The van der Waals surface area contributed by atoms with Gasteiger partial charge in [0, 0.05) is 24.7 Å². The van der Waals surface area contributed by atoms with Crippen LogP contribution in [0.4, 0.5) is 5.69 Å². The van der Waals surface area contributed by atoms with Crippen LogP contribution in [0.3, 0.4) is 0 Å². The van der Waals surface area contributed by atoms with Gasteiger partial charge in [0.1, 0.15) is 0 Å². The molecule has 2 aromatic carbocycles. The van der Waals surface area contributed by atoms with E-state index >= 15 is 0 Å². The van der Waals surface area contributed by atoms with E-state index in [1.807, 2.05) is 56.3 Å². The van der Waals surface area contributed by atoms with Crippen LogP contribution in [-0.2, 0) is 20.6 Å². The quantitative estimate of drug-likeness (QED) is 0.731. The van der Waals surface area contributed by atoms with Crippen LogP contribution in [0.5, 0.6) is 0 Å². The number of amides is 1. The van der Waals surface area contributed by atoms with Crippen molar-refractivity contribution in [1.82, 2.24) is 4.31 Å². The van der Waals surface area contributed by atoms with Crippen molar-refractivity contribution in [3.8, 4) is 0 Å². The van der Waals surface area contributed by atoms with Gasteiger partial charge in [0.05, 0.1) is 5.75 Å². The Labute approximate surface area is 180 Å². The zero-order valence-corrected chi connectivity index (χ0v) is 19.1. The molecule has 1 N–H and O–H groups in total. The summed E-state index contributed by atoms with van der Waals surface area (Å²) in [7, 11) is -3.38. The van der Waals surface area contributed by atoms with Gasteiger partial charge in [-0.05, 0) is 49.3 Å². The number of nitrogens with one attached hydrogen (secondary N) is 1. The average molecular weight is 429 g/mol. The molecule has 3 rings (SSSR count). The van der Waals surface area contributed by atoms with Gasteiger partial charge in [0.25, 0.3) is 0 Å². The zero-order chi connectivity index (χ0) is 21.9. The van der Waals surface area contributed by atoms with Crippen LogP contribution in [0.1, 0.15) is 54.9 Å². The van der Waals surface area contributed by atoms with Crippen molar-refractivity contribution < 1.29 is 13.2 Å². The Hall–Kier alpha value is -2.18. The lowest BCUT2D eigenvalue weighted by Gasteiger charge is -2.31. The molecule has 5 nitrogen and oxygen atoms in total. The van der Waals surface area contributed by atoms with Crippen LogP contribution in [0, 0.1) is 19.8 Å². The summed E-state index contributed by atoms with van der Waals surface area (Å²) in [5.41, 5.74) is 4.92. The predicted molar refractivity (Wildman–Crippen MR) is 122 cm³/mol. The third kappa shape index (κ3) is 5.29. The van der Waals surface area contributed by atoms with Crippen molar-refractivity contribution in [2.75, 3.05) is 18.4 Å². The second-order valence-electron chi connectivity index (χ2n) is 8.60. The highest BCUT2D eigenvalue weighted by Gasteiger charge is 2.31. The summed E-state index contributed by atoms with van der Waals surface area (Å²) < 4.78 is 27.2. The van der Waals surface area contributed by atoms with E-state index in [9.17, 15) is 13.2 Å². The molecule has 30 heavy (non-hydrogen) atoms. The number of aryl methyl sites for hydroxylation is 2. The van der Waals surface area contributed by atoms with E-state index in [-0.39, 0.29) is 17.6 Å². The van der Waals surface area contributed by atoms with Crippen molar-refractivity contribution in [3.05, 3.63) is 64.7 Å². The van der Waals surface area contributed by atoms with Crippen LogP contribution in [0.25, 0.3) is 0 Å². The first-order chi connectivity index (χ1) is 14.2. The van der Waals surface area contributed by atoms with Crippen LogP contribution in [-0.4, -0.2) is 31.7 Å². The summed E-state index contributed by atoms with van der Waals surface area (Å²) in [6, 6.07) is 13.7. The molecule has 0 bridgehead atoms. The molecule has 0 saturated carbocycles. The van der Waals surface area contributed by atoms with Gasteiger partial charge in [-0.3, -0.25) is 4.79 Å². The van der Waals surface area contributed by atoms with Crippen molar-refractivity contribution in [2.24, 2.45) is 5.92 Å². The predicted octanol–water partition coefficient (Wildman–Crippen LogP) is 4.61. The standard InChI is InChI=1S/C24H32N2O3S/c1-17(2)22-10-6-8-19(4)23(22)25-24(27)21-11-13-26(14-12-21)30(28,29)16-20-9-5-7-18(3)15-20/h5-10,15,17,21H,11-14,16H2,1-4H3,(H,25,27). The summed E-state index contributed by atoms with van der Waals surface area (Å²) in [4.78, 5) is 12.9. The van der Waals surface area contributed by atoms with Crippen LogP contribution in [0.15, 0.2) is 42.5 Å². The number of sulfonamides is 1. The Morgan fingerprint density at radius 1 is 1.10 bits per heavy atom. The van der Waals surface area contributed by atoms with Gasteiger partial charge in [-0.2, -0.15) is 0 Å². The molecule has 1 heterocycles. The number of hydrogen-bond donors (Lipinski definition) is 1. The second-order valence-corrected chi connectivity index (χ2v) is 10.6. The minimum absolute atomic E-state index is 0.00645. The van der Waals surface area contributed by atoms with Gasteiger partial charge in [0.15, 0.2) is 0 Å². The van der Waals surface area contributed by atoms with E-state index in [0.717, 1.165) is 27.9 Å². The van der Waals surface area contributed by atoms with Crippen LogP contribution in [0.2, 0.25) is 0 Å². The number of carbonyl (C=O) groups excluding carboxylic acids is 1. The number of piperidine rings is 1. The number of hydrogen-bond acceptors (Lipinski definition) is 3. The summed E-state index contributed by atoms with van der Waals surface area (Å²) in [5.74, 6) is 0.137. The summed E-state index contributed by atoms with van der Waals surface area (Å²) >= 11 is 0. The summed E-state index contributed by atoms with van der Waals surface area (Å²) in [5, 5.41) is 3.12. The highest BCUT2D eigenvalue weighted by atomic mass is 32.2. The maximum atomic E-state index is 12.9. The fourth-order valence-electron chi connectivity index (χ4n) is 4.07. The van der Waals surface area contributed by atoms with E-state index in [4.69, 9.17) is 0 Å². The van der Waals surface area contributed by atoms with Crippen molar-refractivity contribution >= 4 is 21.6 Å². The monoisotopic (exact) mass is 428 g/mol. The first-order valence-corrected chi connectivity index (χ1v) is 12.2. The number of carbonyl (C=O) groups is 1. The molecule has 1 saturated heterocycles. The average Bonchev–Trinajstić information content (AvgIpc) is 2.69. The lowest BCUT2D eigenvalue weighted by molar-refractivity contribution is -0.120. The maximum Gasteiger partial charge on any atom is 0.227 e. The molecule has 162 valence electrons. The summed E-state index contributed by atoms with van der Waals surface area (Å²) in [6.07, 6.45) is 1.09. The van der Waals surface area contributed by atoms with E-state index in [1.54, 1.807) is 0 Å². The van der Waals surface area contributed by atoms with Gasteiger partial charge in [-0.25, -0.2) is 12.7 Å². The number of nitrogens with zero attached hydrogens (tertiary/aromatic N) is 1. The molecular formula is C24H32N2O3S. The molecular weight excluding hydrogens is 396 g/mol. The molecule has 0 aliphatic carbocycles. The van der Waals surface area contributed by atoms with Crippen molar-refractivity contribution in [3.63, 3.8) is 0 Å². The molecule has 1 aliphatic heterocycles. The summed E-state index contributed by atoms with van der Waals surface area (Å²) in [6.45, 7) is 8.96. The third-order valence-corrected chi connectivity index (χ3v) is 7.67. The fraction of sp³-hybridized carbons (Fsp3) is 0.458. The minimum atomic E-state index is -3.38. The highest BCUT2D eigenvalue weighted by molar-refractivity contribution is 7.88. The second kappa shape index (κ2) is 9.31. The van der Waals surface area contributed by atoms with Gasteiger partial charge in [0.2, 0.25) is 15.9 Å². The smallest absolute Gasteiger partial charge is 0.227 e. The lowest BCUT2D eigenvalue weighted by Crippen LogP contribution is -2.42. The molecule has 6 heteroatoms. The van der Waals surface area contributed by atoms with Crippen LogP contribution >= 0.6 is 0 Å². The first-order valence-electron chi connectivity index (χ1n) is 10.6. The van der Waals surface area contributed by atoms with E-state index in [0.29, 0.717) is 31.8 Å². The fourth-order valence-corrected chi connectivity index (χ4v) is 5.62. The molecule has 0 atom stereocenters. The number of rotatable bonds is 6. The third-order valence-electron chi connectivity index (χ3n) is 5.82. The Morgan fingerprint density at radius 2 is 1.77 bits per heavy atom. The normalized spacial score (nSPS) is 16.0. The molecule has 1 amide bonds. The Bertz CT molecular complexity index is 1010. The number of benzene rings is 2. The molecule has 0 aromatic heterocycles. The first kappa shape index (κ1) is 22.5. The minimum Gasteiger partial charge on any atom is -0.325 e.